The fourth-order valence-electron chi connectivity index (χ4n) is 6.84. The molecule has 9 unspecified atom stereocenters. The molecule has 11 atom stereocenters. The molecule has 0 bridgehead atoms. The Hall–Kier alpha value is -0.650. The summed E-state index contributed by atoms with van der Waals surface area (Å²) in [5.41, 5.74) is 6.16. The van der Waals surface area contributed by atoms with Gasteiger partial charge >= 0.3 is 0 Å². The first-order chi connectivity index (χ1) is 17.2. The Morgan fingerprint density at radius 2 is 1.64 bits per heavy atom. The van der Waals surface area contributed by atoms with E-state index >= 15 is 0 Å². The van der Waals surface area contributed by atoms with Crippen LogP contribution in [0.5, 0.6) is 0 Å². The minimum atomic E-state index is -0.887. The number of carbonyl (C=O) groups is 1. The molecule has 0 radical (unpaired) electrons. The van der Waals surface area contributed by atoms with Crippen molar-refractivity contribution in [3.8, 4) is 0 Å². The van der Waals surface area contributed by atoms with Crippen LogP contribution in [0.25, 0.3) is 0 Å². The van der Waals surface area contributed by atoms with E-state index < -0.39 is 36.4 Å². The van der Waals surface area contributed by atoms with Gasteiger partial charge in [0.25, 0.3) is 0 Å². The largest absolute Gasteiger partial charge is 0.392 e. The van der Waals surface area contributed by atoms with Crippen LogP contribution in [0.4, 0.5) is 0 Å². The minimum absolute atomic E-state index is 0.0532. The third-order valence-corrected chi connectivity index (χ3v) is 9.17. The summed E-state index contributed by atoms with van der Waals surface area (Å²) in [6.45, 7) is 0.951. The van der Waals surface area contributed by atoms with Gasteiger partial charge in [0, 0.05) is 33.0 Å². The van der Waals surface area contributed by atoms with E-state index in [1.54, 1.807) is 7.11 Å². The number of ether oxygens (including phenoxy) is 2. The molecule has 0 aromatic rings. The summed E-state index contributed by atoms with van der Waals surface area (Å²) in [5.74, 6) is 0.495. The normalized spacial score (nSPS) is 39.5. The van der Waals surface area contributed by atoms with Crippen LogP contribution in [0, 0.1) is 23.7 Å². The maximum absolute atomic E-state index is 13.5. The molecule has 9 heteroatoms. The van der Waals surface area contributed by atoms with Gasteiger partial charge in [0.1, 0.15) is 18.1 Å². The highest BCUT2D eigenvalue weighted by atomic mass is 16.5. The molecule has 3 aliphatic rings. The van der Waals surface area contributed by atoms with Gasteiger partial charge in [-0.25, -0.2) is 0 Å². The molecule has 3 rings (SSSR count). The lowest BCUT2D eigenvalue weighted by Gasteiger charge is -2.36. The van der Waals surface area contributed by atoms with Crippen LogP contribution >= 0.6 is 0 Å². The van der Waals surface area contributed by atoms with Gasteiger partial charge in [0.2, 0.25) is 0 Å². The predicted molar refractivity (Wildman–Crippen MR) is 135 cm³/mol. The van der Waals surface area contributed by atoms with Gasteiger partial charge in [0.05, 0.1) is 37.1 Å². The van der Waals surface area contributed by atoms with E-state index in [1.165, 1.54) is 7.11 Å². The summed E-state index contributed by atoms with van der Waals surface area (Å²) in [6, 6.07) is 0. The lowest BCUT2D eigenvalue weighted by molar-refractivity contribution is -0.699. The van der Waals surface area contributed by atoms with Crippen molar-refractivity contribution in [2.24, 2.45) is 29.4 Å². The van der Waals surface area contributed by atoms with E-state index in [-0.39, 0.29) is 24.0 Å². The SMILES string of the molecule is COC1CC(CC[C@@H](O)[C@@H](CC2CC[NH2+]C(N)C2)C(=O)CCC2CC(O)C(O)C(OC)C2)CCC1O. The van der Waals surface area contributed by atoms with Crippen molar-refractivity contribution in [3.05, 3.63) is 0 Å². The average molecular weight is 516 g/mol. The molecule has 3 fully saturated rings. The second-order valence-electron chi connectivity index (χ2n) is 11.8. The van der Waals surface area contributed by atoms with Crippen molar-refractivity contribution < 1.29 is 40.0 Å². The lowest BCUT2D eigenvalue weighted by Crippen LogP contribution is -2.94. The van der Waals surface area contributed by atoms with Gasteiger partial charge in [-0.3, -0.25) is 10.5 Å². The van der Waals surface area contributed by atoms with Crippen LogP contribution in [0.15, 0.2) is 0 Å². The van der Waals surface area contributed by atoms with Gasteiger partial charge in [0.15, 0.2) is 0 Å². The second kappa shape index (κ2) is 14.5. The van der Waals surface area contributed by atoms with E-state index in [0.29, 0.717) is 56.8 Å². The Balaban J connectivity index is 1.57. The third-order valence-electron chi connectivity index (χ3n) is 9.17. The number of aliphatic hydroxyl groups is 4. The Morgan fingerprint density at radius 1 is 0.917 bits per heavy atom. The quantitative estimate of drug-likeness (QED) is 0.213. The van der Waals surface area contributed by atoms with E-state index in [2.05, 4.69) is 5.32 Å². The fraction of sp³-hybridized carbons (Fsp3) is 0.963. The molecule has 2 aliphatic carbocycles. The number of methoxy groups -OCH3 is 2. The number of quaternary nitrogens is 1. The van der Waals surface area contributed by atoms with Crippen LogP contribution in [-0.4, -0.2) is 89.8 Å². The molecule has 2 saturated carbocycles. The monoisotopic (exact) mass is 515 g/mol. The number of hydrogen-bond donors (Lipinski definition) is 6. The Labute approximate surface area is 216 Å². The van der Waals surface area contributed by atoms with Crippen molar-refractivity contribution in [3.63, 3.8) is 0 Å². The molecule has 210 valence electrons. The van der Waals surface area contributed by atoms with Gasteiger partial charge in [-0.15, -0.1) is 0 Å². The molecule has 1 aliphatic heterocycles. The van der Waals surface area contributed by atoms with E-state index in [9.17, 15) is 25.2 Å². The van der Waals surface area contributed by atoms with Crippen molar-refractivity contribution in [1.29, 1.82) is 0 Å². The molecule has 0 aromatic carbocycles. The summed E-state index contributed by atoms with van der Waals surface area (Å²) in [6.07, 6.45) is 5.02. The molecule has 0 amide bonds. The number of Topliss-reactive ketones (excluding diaryl/α,β-unsaturated/α-hetero) is 1. The molecule has 0 spiro atoms. The molecule has 1 saturated heterocycles. The van der Waals surface area contributed by atoms with E-state index in [1.807, 2.05) is 0 Å². The topological polar surface area (TPSA) is 159 Å². The predicted octanol–water partition coefficient (Wildman–Crippen LogP) is 0.0641. The highest BCUT2D eigenvalue weighted by molar-refractivity contribution is 5.81. The van der Waals surface area contributed by atoms with Crippen LogP contribution in [0.2, 0.25) is 0 Å². The molecular formula is C27H51N2O7+. The summed E-state index contributed by atoms with van der Waals surface area (Å²) in [5, 5.41) is 43.8. The summed E-state index contributed by atoms with van der Waals surface area (Å²) < 4.78 is 10.8. The molecule has 36 heavy (non-hydrogen) atoms. The minimum Gasteiger partial charge on any atom is -0.392 e. The number of piperidine rings is 1. The third kappa shape index (κ3) is 8.43. The zero-order valence-electron chi connectivity index (χ0n) is 22.2. The number of ketones is 1. The smallest absolute Gasteiger partial charge is 0.138 e. The maximum Gasteiger partial charge on any atom is 0.138 e. The molecule has 8 N–H and O–H groups in total. The van der Waals surface area contributed by atoms with Gasteiger partial charge < -0.3 is 35.2 Å². The Morgan fingerprint density at radius 3 is 2.33 bits per heavy atom. The summed E-state index contributed by atoms with van der Waals surface area (Å²) in [4.78, 5) is 13.5. The van der Waals surface area contributed by atoms with Crippen LogP contribution in [0.1, 0.15) is 77.0 Å². The zero-order chi connectivity index (χ0) is 26.2. The number of rotatable bonds is 12. The van der Waals surface area contributed by atoms with Crippen molar-refractivity contribution in [2.45, 2.75) is 120 Å². The van der Waals surface area contributed by atoms with Gasteiger partial charge in [-0.05, 0) is 82.0 Å². The number of aliphatic hydroxyl groups excluding tert-OH is 4. The number of carbonyl (C=O) groups excluding carboxylic acids is 1. The highest BCUT2D eigenvalue weighted by Crippen LogP contribution is 2.34. The Kier molecular flexibility index (Phi) is 12.0. The number of nitrogens with two attached hydrogens (primary N) is 2. The first kappa shape index (κ1) is 29.9. The standard InChI is InChI=1S/C27H50N2O7/c1-35-24-13-16(4-8-22(24)32)3-6-20(30)19(11-18-9-10-29-26(28)15-18)21(31)7-5-17-12-23(33)27(34)25(14-17)36-2/h16-20,22-27,29-30,32-34H,3-15,28H2,1-2H3/p+1/t16?,17?,18?,19-,20-,22?,23?,24?,25?,26?,27?/m1/s1. The zero-order valence-corrected chi connectivity index (χ0v) is 22.2. The summed E-state index contributed by atoms with van der Waals surface area (Å²) in [7, 11) is 3.17. The van der Waals surface area contributed by atoms with Crippen LogP contribution in [-0.2, 0) is 14.3 Å². The summed E-state index contributed by atoms with van der Waals surface area (Å²) >= 11 is 0. The van der Waals surface area contributed by atoms with Crippen molar-refractivity contribution in [1.82, 2.24) is 0 Å². The van der Waals surface area contributed by atoms with Crippen LogP contribution < -0.4 is 11.1 Å². The van der Waals surface area contributed by atoms with E-state index in [4.69, 9.17) is 15.2 Å². The van der Waals surface area contributed by atoms with Crippen LogP contribution in [0.3, 0.4) is 0 Å². The average Bonchev–Trinajstić information content (AvgIpc) is 2.87. The molecule has 0 aromatic heterocycles. The molecular weight excluding hydrogens is 464 g/mol. The fourth-order valence-corrected chi connectivity index (χ4v) is 6.84. The first-order valence-corrected chi connectivity index (χ1v) is 14.1. The lowest BCUT2D eigenvalue weighted by atomic mass is 9.76. The molecule has 9 nitrogen and oxygen atoms in total. The molecule has 1 heterocycles. The van der Waals surface area contributed by atoms with Gasteiger partial charge in [-0.1, -0.05) is 0 Å². The Bertz CT molecular complexity index is 668. The van der Waals surface area contributed by atoms with E-state index in [0.717, 1.165) is 38.6 Å². The highest BCUT2D eigenvalue weighted by Gasteiger charge is 2.38. The van der Waals surface area contributed by atoms with Crippen molar-refractivity contribution in [2.75, 3.05) is 20.8 Å². The van der Waals surface area contributed by atoms with Crippen molar-refractivity contribution >= 4 is 5.78 Å². The maximum atomic E-state index is 13.5. The first-order valence-electron chi connectivity index (χ1n) is 14.1. The second-order valence-corrected chi connectivity index (χ2v) is 11.8. The van der Waals surface area contributed by atoms with Gasteiger partial charge in [-0.2, -0.15) is 0 Å². The number of hydrogen-bond acceptors (Lipinski definition) is 8.